The predicted molar refractivity (Wildman–Crippen MR) is 141 cm³/mol. The number of carbonyl (C=O) groups excluding carboxylic acids is 3. The van der Waals surface area contributed by atoms with Gasteiger partial charge in [-0.05, 0) is 29.2 Å². The molecule has 12 nitrogen and oxygen atoms in total. The normalized spacial score (nSPS) is 19.3. The van der Waals surface area contributed by atoms with Crippen molar-refractivity contribution in [3.63, 3.8) is 0 Å². The second-order valence-electron chi connectivity index (χ2n) is 7.41. The van der Waals surface area contributed by atoms with Gasteiger partial charge >= 0.3 is 5.97 Å². The summed E-state index contributed by atoms with van der Waals surface area (Å²) in [6, 6.07) is 4.59. The number of fused-ring (bicyclic) bond motifs is 1. The van der Waals surface area contributed by atoms with Crippen LogP contribution in [0.15, 0.2) is 51.6 Å². The average Bonchev–Trinajstić information content (AvgIpc) is 3.36. The first-order valence-corrected chi connectivity index (χ1v) is 13.6. The highest BCUT2D eigenvalue weighted by Crippen LogP contribution is 2.41. The zero-order valence-corrected chi connectivity index (χ0v) is 21.6. The van der Waals surface area contributed by atoms with E-state index in [4.69, 9.17) is 4.84 Å². The molecule has 3 N–H and O–H groups in total. The molecule has 2 atom stereocenters. The van der Waals surface area contributed by atoms with Gasteiger partial charge in [0.15, 0.2) is 10.8 Å². The van der Waals surface area contributed by atoms with Crippen LogP contribution >= 0.6 is 34.9 Å². The van der Waals surface area contributed by atoms with Gasteiger partial charge in [-0.1, -0.05) is 11.2 Å². The summed E-state index contributed by atoms with van der Waals surface area (Å²) < 4.78 is 0. The number of nitrogens with one attached hydrogen (secondary N) is 2. The maximum atomic E-state index is 13.0. The van der Waals surface area contributed by atoms with Gasteiger partial charge in [0, 0.05) is 23.1 Å². The van der Waals surface area contributed by atoms with E-state index in [2.05, 4.69) is 25.8 Å². The Morgan fingerprint density at radius 2 is 2.24 bits per heavy atom. The Bertz CT molecular complexity index is 1290. The number of carboxylic acid groups (broad SMARTS) is 1. The average molecular weight is 561 g/mol. The van der Waals surface area contributed by atoms with Crippen molar-refractivity contribution in [2.45, 2.75) is 11.4 Å². The third-order valence-corrected chi connectivity index (χ3v) is 8.10. The molecule has 1 fully saturated rings. The van der Waals surface area contributed by atoms with E-state index in [1.807, 2.05) is 29.7 Å². The highest BCUT2D eigenvalue weighted by atomic mass is 32.2. The number of thiazole rings is 1. The minimum Gasteiger partial charge on any atom is -0.477 e. The van der Waals surface area contributed by atoms with Crippen molar-refractivity contribution < 1.29 is 29.1 Å². The first-order valence-electron chi connectivity index (χ1n) is 10.6. The summed E-state index contributed by atoms with van der Waals surface area (Å²) in [5.41, 5.74) is 1.30. The Hall–Kier alpha value is -3.69. The number of amides is 3. The lowest BCUT2D eigenvalue weighted by molar-refractivity contribution is -0.150. The van der Waals surface area contributed by atoms with Gasteiger partial charge in [0.1, 0.15) is 29.9 Å². The van der Waals surface area contributed by atoms with Crippen LogP contribution in [0.1, 0.15) is 11.4 Å². The molecule has 0 radical (unpaired) electrons. The Morgan fingerprint density at radius 3 is 2.95 bits per heavy atom. The SMILES string of the molecule is CO/N=C(\C(=O)NC1C(=O)N2C(C(=O)O)=C(CS/C=C\c3ccccn3)CS[C@H]12)c1csc(NC=O)n1. The minimum absolute atomic E-state index is 0.0622. The second kappa shape index (κ2) is 12.0. The van der Waals surface area contributed by atoms with Crippen molar-refractivity contribution >= 4 is 76.0 Å². The molecule has 0 aliphatic carbocycles. The van der Waals surface area contributed by atoms with Crippen molar-refractivity contribution in [1.29, 1.82) is 0 Å². The van der Waals surface area contributed by atoms with Crippen LogP contribution in [0, 0.1) is 0 Å². The Kier molecular flexibility index (Phi) is 8.58. The first-order chi connectivity index (χ1) is 17.9. The molecule has 1 saturated heterocycles. The van der Waals surface area contributed by atoms with Gasteiger partial charge < -0.3 is 20.6 Å². The maximum absolute atomic E-state index is 13.0. The number of carbonyl (C=O) groups is 4. The summed E-state index contributed by atoms with van der Waals surface area (Å²) in [5.74, 6) is -1.68. The number of anilines is 1. The molecule has 3 amide bonds. The maximum Gasteiger partial charge on any atom is 0.352 e. The summed E-state index contributed by atoms with van der Waals surface area (Å²) in [7, 11) is 1.26. The van der Waals surface area contributed by atoms with Gasteiger partial charge in [0.2, 0.25) is 6.41 Å². The number of aromatic nitrogens is 2. The van der Waals surface area contributed by atoms with Crippen molar-refractivity contribution in [1.82, 2.24) is 20.2 Å². The third-order valence-electron chi connectivity index (χ3n) is 5.14. The zero-order valence-electron chi connectivity index (χ0n) is 19.2. The lowest BCUT2D eigenvalue weighted by Gasteiger charge is -2.49. The van der Waals surface area contributed by atoms with Crippen LogP contribution in [-0.4, -0.2) is 79.9 Å². The molecule has 192 valence electrons. The number of hydrogen-bond donors (Lipinski definition) is 3. The molecule has 0 saturated carbocycles. The molecule has 2 aromatic rings. The Labute approximate surface area is 223 Å². The zero-order chi connectivity index (χ0) is 26.4. The fourth-order valence-corrected chi connectivity index (χ4v) is 6.44. The Balaban J connectivity index is 1.44. The molecular weight excluding hydrogens is 540 g/mol. The van der Waals surface area contributed by atoms with Crippen LogP contribution in [0.3, 0.4) is 0 Å². The number of oxime groups is 1. The van der Waals surface area contributed by atoms with Crippen molar-refractivity contribution in [2.75, 3.05) is 23.9 Å². The van der Waals surface area contributed by atoms with E-state index in [0.717, 1.165) is 17.0 Å². The van der Waals surface area contributed by atoms with Gasteiger partial charge in [-0.3, -0.25) is 24.3 Å². The quantitative estimate of drug-likeness (QED) is 0.159. The molecule has 4 heterocycles. The number of hydrogen-bond acceptors (Lipinski definition) is 11. The topological polar surface area (TPSA) is 163 Å². The molecule has 1 unspecified atom stereocenters. The highest BCUT2D eigenvalue weighted by Gasteiger charge is 2.54. The third kappa shape index (κ3) is 5.84. The van der Waals surface area contributed by atoms with E-state index in [-0.39, 0.29) is 22.2 Å². The van der Waals surface area contributed by atoms with Crippen LogP contribution < -0.4 is 10.6 Å². The van der Waals surface area contributed by atoms with Gasteiger partial charge in [0.25, 0.3) is 11.8 Å². The van der Waals surface area contributed by atoms with Crippen molar-refractivity contribution in [2.24, 2.45) is 5.16 Å². The molecule has 0 aromatic carbocycles. The van der Waals surface area contributed by atoms with Gasteiger partial charge in [0.05, 0.1) is 5.69 Å². The molecule has 4 rings (SSSR count). The molecule has 2 aromatic heterocycles. The monoisotopic (exact) mass is 560 g/mol. The number of aliphatic carboxylic acids is 1. The van der Waals surface area contributed by atoms with E-state index in [1.165, 1.54) is 40.9 Å². The summed E-state index contributed by atoms with van der Waals surface area (Å²) >= 11 is 3.85. The summed E-state index contributed by atoms with van der Waals surface area (Å²) in [6.45, 7) is 0. The van der Waals surface area contributed by atoms with Crippen LogP contribution in [0.2, 0.25) is 0 Å². The van der Waals surface area contributed by atoms with Crippen LogP contribution in [0.5, 0.6) is 0 Å². The van der Waals surface area contributed by atoms with Crippen LogP contribution in [-0.2, 0) is 24.0 Å². The second-order valence-corrected chi connectivity index (χ2v) is 10.3. The molecular formula is C22H20N6O6S3. The highest BCUT2D eigenvalue weighted by molar-refractivity contribution is 8.02. The van der Waals surface area contributed by atoms with Gasteiger partial charge in [-0.25, -0.2) is 9.78 Å². The number of thioether (sulfide) groups is 2. The van der Waals surface area contributed by atoms with Crippen molar-refractivity contribution in [3.8, 4) is 0 Å². The predicted octanol–water partition coefficient (Wildman–Crippen LogP) is 1.60. The number of rotatable bonds is 11. The lowest BCUT2D eigenvalue weighted by atomic mass is 10.0. The lowest BCUT2D eigenvalue weighted by Crippen LogP contribution is -2.71. The molecule has 15 heteroatoms. The minimum atomic E-state index is -1.20. The Morgan fingerprint density at radius 1 is 1.41 bits per heavy atom. The van der Waals surface area contributed by atoms with Crippen LogP contribution in [0.4, 0.5) is 5.13 Å². The molecule has 37 heavy (non-hydrogen) atoms. The van der Waals surface area contributed by atoms with Crippen molar-refractivity contribution in [3.05, 3.63) is 57.8 Å². The van der Waals surface area contributed by atoms with E-state index in [0.29, 0.717) is 23.5 Å². The van der Waals surface area contributed by atoms with E-state index < -0.39 is 29.2 Å². The number of nitrogens with zero attached hydrogens (tertiary/aromatic N) is 4. The fraction of sp³-hybridized carbons (Fsp3) is 0.227. The summed E-state index contributed by atoms with van der Waals surface area (Å²) in [4.78, 5) is 62.8. The van der Waals surface area contributed by atoms with Gasteiger partial charge in [-0.2, -0.15) is 0 Å². The number of pyridine rings is 1. The van der Waals surface area contributed by atoms with E-state index in [9.17, 15) is 24.3 Å². The van der Waals surface area contributed by atoms with E-state index in [1.54, 1.807) is 6.20 Å². The molecule has 0 bridgehead atoms. The first kappa shape index (κ1) is 26.4. The molecule has 2 aliphatic heterocycles. The largest absolute Gasteiger partial charge is 0.477 e. The van der Waals surface area contributed by atoms with Gasteiger partial charge in [-0.15, -0.1) is 34.9 Å². The van der Waals surface area contributed by atoms with E-state index >= 15 is 0 Å². The number of carboxylic acids is 1. The molecule has 2 aliphatic rings. The molecule has 0 spiro atoms. The van der Waals surface area contributed by atoms with Crippen LogP contribution in [0.25, 0.3) is 6.08 Å². The number of β-lactam (4-membered cyclic amide) rings is 1. The fourth-order valence-electron chi connectivity index (χ4n) is 3.54. The standard InChI is InChI=1S/C22H20N6O6S3/c1-34-27-15(14-10-37-22(25-14)24-11-29)18(30)26-16-19(31)28-17(21(32)33)12(9-36-20(16)28)8-35-7-5-13-4-2-3-6-23-13/h2-7,10-11,16,20H,8-9H2,1H3,(H,26,30)(H,32,33)(H,24,25,29)/b7-5-,27-15-/t16?,20-/m1/s1. The summed E-state index contributed by atoms with van der Waals surface area (Å²) in [5, 5.41) is 21.6. The smallest absolute Gasteiger partial charge is 0.352 e. The summed E-state index contributed by atoms with van der Waals surface area (Å²) in [6.07, 6.45) is 3.96.